The van der Waals surface area contributed by atoms with E-state index in [4.69, 9.17) is 4.74 Å². The molecule has 0 bridgehead atoms. The maximum absolute atomic E-state index is 4.99. The number of aryl methyl sites for hydroxylation is 1. The normalized spacial score (nSPS) is 10.8. The van der Waals surface area contributed by atoms with Gasteiger partial charge in [0.25, 0.3) is 0 Å². The minimum absolute atomic E-state index is 0.361. The predicted molar refractivity (Wildman–Crippen MR) is 65.8 cm³/mol. The number of hydrogen-bond donors (Lipinski definition) is 1. The van der Waals surface area contributed by atoms with Crippen molar-refractivity contribution < 1.29 is 4.74 Å². The third kappa shape index (κ3) is 4.14. The third-order valence-electron chi connectivity index (χ3n) is 2.22. The second-order valence-corrected chi connectivity index (χ2v) is 4.18. The van der Waals surface area contributed by atoms with E-state index < -0.39 is 0 Å². The molecule has 1 rings (SSSR count). The van der Waals surface area contributed by atoms with Crippen LogP contribution in [0.3, 0.4) is 0 Å². The van der Waals surface area contributed by atoms with Crippen molar-refractivity contribution in [2.75, 3.05) is 25.6 Å². The first-order valence-electron chi connectivity index (χ1n) is 5.72. The molecule has 0 aliphatic rings. The van der Waals surface area contributed by atoms with Crippen molar-refractivity contribution in [1.29, 1.82) is 0 Å². The zero-order valence-corrected chi connectivity index (χ0v) is 10.6. The van der Waals surface area contributed by atoms with E-state index in [1.54, 1.807) is 7.11 Å². The van der Waals surface area contributed by atoms with Crippen LogP contribution in [0, 0.1) is 6.92 Å². The van der Waals surface area contributed by atoms with Gasteiger partial charge in [-0.2, -0.15) is 0 Å². The van der Waals surface area contributed by atoms with Gasteiger partial charge >= 0.3 is 0 Å². The summed E-state index contributed by atoms with van der Waals surface area (Å²) in [4.78, 5) is 8.87. The van der Waals surface area contributed by atoms with Gasteiger partial charge in [0, 0.05) is 37.9 Å². The van der Waals surface area contributed by atoms with Crippen molar-refractivity contribution in [3.8, 4) is 0 Å². The van der Waals surface area contributed by atoms with Gasteiger partial charge in [0.15, 0.2) is 0 Å². The molecule has 0 aliphatic heterocycles. The molecule has 4 nitrogen and oxygen atoms in total. The Balaban J connectivity index is 2.58. The summed E-state index contributed by atoms with van der Waals surface area (Å²) in [6.45, 7) is 7.84. The number of rotatable bonds is 6. The summed E-state index contributed by atoms with van der Waals surface area (Å²) in [6, 6.07) is 1.97. The van der Waals surface area contributed by atoms with Crippen LogP contribution >= 0.6 is 0 Å². The van der Waals surface area contributed by atoms with E-state index in [9.17, 15) is 0 Å². The maximum Gasteiger partial charge on any atom is 0.133 e. The van der Waals surface area contributed by atoms with Crippen LogP contribution in [0.2, 0.25) is 0 Å². The van der Waals surface area contributed by atoms with Crippen molar-refractivity contribution in [2.24, 2.45) is 0 Å². The Bertz CT molecular complexity index is 326. The average Bonchev–Trinajstić information content (AvgIpc) is 2.23. The molecule has 0 unspecified atom stereocenters. The maximum atomic E-state index is 4.99. The fourth-order valence-electron chi connectivity index (χ4n) is 1.37. The fourth-order valence-corrected chi connectivity index (χ4v) is 1.37. The van der Waals surface area contributed by atoms with E-state index in [1.807, 2.05) is 13.0 Å². The molecule has 1 aromatic rings. The second-order valence-electron chi connectivity index (χ2n) is 4.18. The molecule has 0 fully saturated rings. The lowest BCUT2D eigenvalue weighted by Gasteiger charge is -2.09. The molecule has 0 atom stereocenters. The van der Waals surface area contributed by atoms with Gasteiger partial charge in [0.1, 0.15) is 11.6 Å². The summed E-state index contributed by atoms with van der Waals surface area (Å²) in [5.41, 5.74) is 1.01. The number of nitrogens with one attached hydrogen (secondary N) is 1. The molecule has 0 saturated heterocycles. The van der Waals surface area contributed by atoms with Gasteiger partial charge in [-0.15, -0.1) is 0 Å². The quantitative estimate of drug-likeness (QED) is 0.752. The molecule has 4 heteroatoms. The van der Waals surface area contributed by atoms with Gasteiger partial charge in [-0.25, -0.2) is 9.97 Å². The summed E-state index contributed by atoms with van der Waals surface area (Å²) in [5.74, 6) is 2.17. The summed E-state index contributed by atoms with van der Waals surface area (Å²) in [6.07, 6.45) is 0.983. The van der Waals surface area contributed by atoms with E-state index in [0.29, 0.717) is 5.92 Å². The third-order valence-corrected chi connectivity index (χ3v) is 2.22. The lowest BCUT2D eigenvalue weighted by atomic mass is 10.2. The topological polar surface area (TPSA) is 47.0 Å². The molecule has 0 aromatic carbocycles. The van der Waals surface area contributed by atoms with Crippen molar-refractivity contribution in [3.05, 3.63) is 17.6 Å². The Morgan fingerprint density at radius 3 is 2.75 bits per heavy atom. The number of nitrogens with zero attached hydrogens (tertiary/aromatic N) is 2. The highest BCUT2D eigenvalue weighted by molar-refractivity contribution is 5.36. The van der Waals surface area contributed by atoms with Crippen molar-refractivity contribution in [2.45, 2.75) is 33.1 Å². The molecule has 0 amide bonds. The van der Waals surface area contributed by atoms with Crippen LogP contribution in [-0.2, 0) is 4.74 Å². The highest BCUT2D eigenvalue weighted by atomic mass is 16.5. The summed E-state index contributed by atoms with van der Waals surface area (Å²) >= 11 is 0. The van der Waals surface area contributed by atoms with Gasteiger partial charge in [0.2, 0.25) is 0 Å². The number of methoxy groups -OCH3 is 1. The Hall–Kier alpha value is -1.16. The molecule has 16 heavy (non-hydrogen) atoms. The zero-order chi connectivity index (χ0) is 12.0. The van der Waals surface area contributed by atoms with Crippen LogP contribution in [0.5, 0.6) is 0 Å². The molecule has 1 aromatic heterocycles. The van der Waals surface area contributed by atoms with Gasteiger partial charge in [-0.3, -0.25) is 0 Å². The molecular weight excluding hydrogens is 202 g/mol. The number of hydrogen-bond acceptors (Lipinski definition) is 4. The lowest BCUT2D eigenvalue weighted by Crippen LogP contribution is -2.09. The predicted octanol–water partition coefficient (Wildman–Crippen LogP) is 2.36. The van der Waals surface area contributed by atoms with E-state index >= 15 is 0 Å². The van der Waals surface area contributed by atoms with Crippen LogP contribution in [0.4, 0.5) is 5.82 Å². The molecule has 0 saturated carbocycles. The molecule has 90 valence electrons. The van der Waals surface area contributed by atoms with Crippen LogP contribution in [0.25, 0.3) is 0 Å². The Morgan fingerprint density at radius 1 is 1.38 bits per heavy atom. The van der Waals surface area contributed by atoms with Crippen LogP contribution in [-0.4, -0.2) is 30.2 Å². The SMILES string of the molecule is COCCCNc1cc(C)nc(C(C)C)n1. The Kier molecular flexibility index (Phi) is 5.19. The average molecular weight is 223 g/mol. The molecule has 0 radical (unpaired) electrons. The minimum atomic E-state index is 0.361. The minimum Gasteiger partial charge on any atom is -0.385 e. The molecular formula is C12H21N3O. The molecule has 1 N–H and O–H groups in total. The van der Waals surface area contributed by atoms with Crippen LogP contribution < -0.4 is 5.32 Å². The van der Waals surface area contributed by atoms with Crippen molar-refractivity contribution >= 4 is 5.82 Å². The summed E-state index contributed by atoms with van der Waals surface area (Å²) < 4.78 is 4.99. The van der Waals surface area contributed by atoms with Crippen molar-refractivity contribution in [1.82, 2.24) is 9.97 Å². The first kappa shape index (κ1) is 12.9. The molecule has 1 heterocycles. The van der Waals surface area contributed by atoms with Gasteiger partial charge in [-0.1, -0.05) is 13.8 Å². The highest BCUT2D eigenvalue weighted by Crippen LogP contribution is 2.13. The smallest absolute Gasteiger partial charge is 0.133 e. The first-order valence-corrected chi connectivity index (χ1v) is 5.72. The van der Waals surface area contributed by atoms with Crippen LogP contribution in [0.15, 0.2) is 6.07 Å². The zero-order valence-electron chi connectivity index (χ0n) is 10.6. The first-order chi connectivity index (χ1) is 7.63. The van der Waals surface area contributed by atoms with Gasteiger partial charge in [-0.05, 0) is 13.3 Å². The summed E-state index contributed by atoms with van der Waals surface area (Å²) in [7, 11) is 1.71. The van der Waals surface area contributed by atoms with E-state index in [0.717, 1.165) is 36.9 Å². The second kappa shape index (κ2) is 6.43. The lowest BCUT2D eigenvalue weighted by molar-refractivity contribution is 0.197. The Morgan fingerprint density at radius 2 is 2.12 bits per heavy atom. The Labute approximate surface area is 97.5 Å². The standard InChI is InChI=1S/C12H21N3O/c1-9(2)12-14-10(3)8-11(15-12)13-6-5-7-16-4/h8-9H,5-7H2,1-4H3,(H,13,14,15). The van der Waals surface area contributed by atoms with E-state index in [2.05, 4.69) is 29.1 Å². The van der Waals surface area contributed by atoms with E-state index in [-0.39, 0.29) is 0 Å². The number of aromatic nitrogens is 2. The molecule has 0 spiro atoms. The van der Waals surface area contributed by atoms with Crippen molar-refractivity contribution in [3.63, 3.8) is 0 Å². The van der Waals surface area contributed by atoms with Gasteiger partial charge in [0.05, 0.1) is 0 Å². The monoisotopic (exact) mass is 223 g/mol. The summed E-state index contributed by atoms with van der Waals surface area (Å²) in [5, 5.41) is 3.28. The van der Waals surface area contributed by atoms with E-state index in [1.165, 1.54) is 0 Å². The number of anilines is 1. The number of ether oxygens (including phenoxy) is 1. The van der Waals surface area contributed by atoms with Gasteiger partial charge < -0.3 is 10.1 Å². The highest BCUT2D eigenvalue weighted by Gasteiger charge is 2.05. The van der Waals surface area contributed by atoms with Crippen LogP contribution in [0.1, 0.15) is 37.7 Å². The molecule has 0 aliphatic carbocycles. The largest absolute Gasteiger partial charge is 0.385 e. The fraction of sp³-hybridized carbons (Fsp3) is 0.667.